The molecule has 1 aliphatic heterocycles. The van der Waals surface area contributed by atoms with E-state index in [1.165, 1.54) is 0 Å². The van der Waals surface area contributed by atoms with Gasteiger partial charge in [0.1, 0.15) is 0 Å². The van der Waals surface area contributed by atoms with Gasteiger partial charge in [-0.25, -0.2) is 4.68 Å². The summed E-state index contributed by atoms with van der Waals surface area (Å²) >= 11 is 6.01. The zero-order valence-electron chi connectivity index (χ0n) is 13.9. The summed E-state index contributed by atoms with van der Waals surface area (Å²) in [4.78, 5) is 12.6. The monoisotopic (exact) mass is 347 g/mol. The summed E-state index contributed by atoms with van der Waals surface area (Å²) < 4.78 is 1.89. The van der Waals surface area contributed by atoms with E-state index in [0.29, 0.717) is 16.8 Å². The van der Waals surface area contributed by atoms with Crippen LogP contribution in [0.15, 0.2) is 24.3 Å². The number of nitrogens with zero attached hydrogens (tertiary/aromatic N) is 3. The van der Waals surface area contributed by atoms with E-state index in [9.17, 15) is 4.79 Å². The zero-order chi connectivity index (χ0) is 17.1. The Morgan fingerprint density at radius 1 is 1.42 bits per heavy atom. The second-order valence-corrected chi connectivity index (χ2v) is 6.64. The van der Waals surface area contributed by atoms with Crippen molar-refractivity contribution in [1.29, 1.82) is 0 Å². The maximum Gasteiger partial charge on any atom is 0.274 e. The first kappa shape index (κ1) is 16.9. The molecule has 7 heteroatoms. The summed E-state index contributed by atoms with van der Waals surface area (Å²) in [5, 5.41) is 15.3. The normalized spacial score (nSPS) is 16.8. The van der Waals surface area contributed by atoms with Crippen LogP contribution in [0.4, 0.5) is 0 Å². The standard InChI is InChI=1S/C17H22ClN5O/c1-11(13-4-3-5-14(18)10-13)20-17(24)16-12(2)23(22-21-16)15-6-8-19-9-7-15/h3-5,10-11,15,19H,6-9H2,1-2H3,(H,20,24). The molecule has 1 aliphatic rings. The molecule has 0 radical (unpaired) electrons. The number of rotatable bonds is 4. The number of hydrogen-bond acceptors (Lipinski definition) is 4. The van der Waals surface area contributed by atoms with Gasteiger partial charge in [0.15, 0.2) is 5.69 Å². The van der Waals surface area contributed by atoms with Crippen LogP contribution in [0.2, 0.25) is 5.02 Å². The molecule has 0 spiro atoms. The topological polar surface area (TPSA) is 71.8 Å². The Morgan fingerprint density at radius 3 is 2.88 bits per heavy atom. The highest BCUT2D eigenvalue weighted by Crippen LogP contribution is 2.21. The average molecular weight is 348 g/mol. The van der Waals surface area contributed by atoms with Crippen molar-refractivity contribution in [1.82, 2.24) is 25.6 Å². The third-order valence-corrected chi connectivity index (χ3v) is 4.73. The van der Waals surface area contributed by atoms with E-state index in [2.05, 4.69) is 20.9 Å². The van der Waals surface area contributed by atoms with E-state index in [0.717, 1.165) is 37.2 Å². The summed E-state index contributed by atoms with van der Waals surface area (Å²) in [5.41, 5.74) is 2.17. The Labute approximate surface area is 146 Å². The van der Waals surface area contributed by atoms with E-state index in [-0.39, 0.29) is 11.9 Å². The lowest BCUT2D eigenvalue weighted by Gasteiger charge is -2.23. The van der Waals surface area contributed by atoms with Crippen molar-refractivity contribution in [3.63, 3.8) is 0 Å². The molecule has 3 rings (SSSR count). The molecule has 2 aromatic rings. The fraction of sp³-hybridized carbons (Fsp3) is 0.471. The number of carbonyl (C=O) groups excluding carboxylic acids is 1. The Kier molecular flexibility index (Phi) is 5.16. The molecule has 2 heterocycles. The summed E-state index contributed by atoms with van der Waals surface area (Å²) in [5.74, 6) is -0.208. The van der Waals surface area contributed by atoms with Crippen molar-refractivity contribution >= 4 is 17.5 Å². The molecule has 0 saturated carbocycles. The van der Waals surface area contributed by atoms with Crippen LogP contribution in [0.1, 0.15) is 53.6 Å². The van der Waals surface area contributed by atoms with Gasteiger partial charge < -0.3 is 10.6 Å². The Bertz CT molecular complexity index is 724. The fourth-order valence-corrected chi connectivity index (χ4v) is 3.27. The van der Waals surface area contributed by atoms with Crippen LogP contribution in [0.3, 0.4) is 0 Å². The summed E-state index contributed by atoms with van der Waals surface area (Å²) in [7, 11) is 0. The molecule has 128 valence electrons. The van der Waals surface area contributed by atoms with Crippen molar-refractivity contribution in [3.05, 3.63) is 46.2 Å². The van der Waals surface area contributed by atoms with Crippen LogP contribution in [0, 0.1) is 6.92 Å². The predicted molar refractivity (Wildman–Crippen MR) is 93.2 cm³/mol. The molecule has 1 aromatic heterocycles. The number of piperidine rings is 1. The third kappa shape index (κ3) is 3.60. The maximum atomic E-state index is 12.6. The molecule has 0 aliphatic carbocycles. The molecule has 24 heavy (non-hydrogen) atoms. The lowest BCUT2D eigenvalue weighted by atomic mass is 10.1. The van der Waals surface area contributed by atoms with Gasteiger partial charge in [-0.05, 0) is 57.5 Å². The lowest BCUT2D eigenvalue weighted by Crippen LogP contribution is -2.31. The van der Waals surface area contributed by atoms with Gasteiger partial charge in [0.05, 0.1) is 17.8 Å². The molecular formula is C17H22ClN5O. The number of halogens is 1. The Hall–Kier alpha value is -1.92. The van der Waals surface area contributed by atoms with Crippen molar-refractivity contribution < 1.29 is 4.79 Å². The molecule has 2 N–H and O–H groups in total. The first-order valence-corrected chi connectivity index (χ1v) is 8.63. The van der Waals surface area contributed by atoms with Crippen LogP contribution in [0.25, 0.3) is 0 Å². The minimum Gasteiger partial charge on any atom is -0.344 e. The highest BCUT2D eigenvalue weighted by Gasteiger charge is 2.23. The van der Waals surface area contributed by atoms with Crippen molar-refractivity contribution in [2.45, 2.75) is 38.8 Å². The largest absolute Gasteiger partial charge is 0.344 e. The molecule has 1 amide bonds. The van der Waals surface area contributed by atoms with E-state index in [1.807, 2.05) is 42.8 Å². The van der Waals surface area contributed by atoms with Crippen molar-refractivity contribution in [2.24, 2.45) is 0 Å². The predicted octanol–water partition coefficient (Wildman–Crippen LogP) is 2.66. The van der Waals surface area contributed by atoms with Gasteiger partial charge in [-0.3, -0.25) is 4.79 Å². The first-order valence-electron chi connectivity index (χ1n) is 8.25. The molecule has 1 aromatic carbocycles. The maximum absolute atomic E-state index is 12.6. The second-order valence-electron chi connectivity index (χ2n) is 6.20. The fourth-order valence-electron chi connectivity index (χ4n) is 3.07. The average Bonchev–Trinajstić information content (AvgIpc) is 2.97. The highest BCUT2D eigenvalue weighted by molar-refractivity contribution is 6.30. The second kappa shape index (κ2) is 7.32. The number of benzene rings is 1. The first-order chi connectivity index (χ1) is 11.6. The van der Waals surface area contributed by atoms with E-state index >= 15 is 0 Å². The van der Waals surface area contributed by atoms with Crippen molar-refractivity contribution in [3.8, 4) is 0 Å². The van der Waals surface area contributed by atoms with Crippen LogP contribution < -0.4 is 10.6 Å². The number of aromatic nitrogens is 3. The van der Waals surface area contributed by atoms with E-state index in [1.54, 1.807) is 0 Å². The van der Waals surface area contributed by atoms with Gasteiger partial charge in [0.25, 0.3) is 5.91 Å². The molecular weight excluding hydrogens is 326 g/mol. The molecule has 1 atom stereocenters. The number of nitrogens with one attached hydrogen (secondary N) is 2. The van der Waals surface area contributed by atoms with Gasteiger partial charge in [0.2, 0.25) is 0 Å². The van der Waals surface area contributed by atoms with E-state index < -0.39 is 0 Å². The molecule has 1 fully saturated rings. The van der Waals surface area contributed by atoms with Gasteiger partial charge in [-0.15, -0.1) is 5.10 Å². The SMILES string of the molecule is Cc1c(C(=O)NC(C)c2cccc(Cl)c2)nnn1C1CCNCC1. The quantitative estimate of drug-likeness (QED) is 0.892. The van der Waals surface area contributed by atoms with Crippen LogP contribution >= 0.6 is 11.6 Å². The molecule has 1 unspecified atom stereocenters. The van der Waals surface area contributed by atoms with Crippen molar-refractivity contribution in [2.75, 3.05) is 13.1 Å². The molecule has 0 bridgehead atoms. The number of amides is 1. The Balaban J connectivity index is 1.72. The highest BCUT2D eigenvalue weighted by atomic mass is 35.5. The van der Waals surface area contributed by atoms with E-state index in [4.69, 9.17) is 11.6 Å². The van der Waals surface area contributed by atoms with Gasteiger partial charge >= 0.3 is 0 Å². The lowest BCUT2D eigenvalue weighted by molar-refractivity contribution is 0.0934. The van der Waals surface area contributed by atoms with Crippen LogP contribution in [-0.2, 0) is 0 Å². The smallest absolute Gasteiger partial charge is 0.274 e. The van der Waals surface area contributed by atoms with Crippen LogP contribution in [-0.4, -0.2) is 34.0 Å². The number of hydrogen-bond donors (Lipinski definition) is 2. The summed E-state index contributed by atoms with van der Waals surface area (Å²) in [6.07, 6.45) is 2.01. The van der Waals surface area contributed by atoms with Gasteiger partial charge in [-0.2, -0.15) is 0 Å². The van der Waals surface area contributed by atoms with Gasteiger partial charge in [-0.1, -0.05) is 28.9 Å². The summed E-state index contributed by atoms with van der Waals surface area (Å²) in [6, 6.07) is 7.64. The minimum atomic E-state index is -0.208. The summed E-state index contributed by atoms with van der Waals surface area (Å²) in [6.45, 7) is 5.77. The third-order valence-electron chi connectivity index (χ3n) is 4.49. The number of carbonyl (C=O) groups is 1. The van der Waals surface area contributed by atoms with Crippen LogP contribution in [0.5, 0.6) is 0 Å². The molecule has 1 saturated heterocycles. The van der Waals surface area contributed by atoms with Gasteiger partial charge in [0, 0.05) is 5.02 Å². The molecule has 6 nitrogen and oxygen atoms in total. The zero-order valence-corrected chi connectivity index (χ0v) is 14.7. The minimum absolute atomic E-state index is 0.153. The Morgan fingerprint density at radius 2 is 2.17 bits per heavy atom.